The predicted octanol–water partition coefficient (Wildman–Crippen LogP) is 2.72. The quantitative estimate of drug-likeness (QED) is 0.274. The lowest BCUT2D eigenvalue weighted by Crippen LogP contribution is -2.60. The Morgan fingerprint density at radius 2 is 1.56 bits per heavy atom. The van der Waals surface area contributed by atoms with Gasteiger partial charge in [-0.25, -0.2) is 0 Å². The van der Waals surface area contributed by atoms with E-state index in [1.165, 1.54) is 38.5 Å². The molecule has 0 saturated carbocycles. The fraction of sp³-hybridized carbons (Fsp3) is 0.708. The number of aliphatic hydroxyl groups is 4. The molecule has 0 spiro atoms. The minimum Gasteiger partial charge on any atom is -0.460 e. The topological polar surface area (TPSA) is 128 Å². The third-order valence-electron chi connectivity index (χ3n) is 5.76. The highest BCUT2D eigenvalue weighted by Gasteiger charge is 2.44. The van der Waals surface area contributed by atoms with Crippen molar-refractivity contribution >= 4 is 11.6 Å². The number of amides is 1. The summed E-state index contributed by atoms with van der Waals surface area (Å²) in [6, 6.07) is 6.73. The molecule has 0 radical (unpaired) electrons. The van der Waals surface area contributed by atoms with Gasteiger partial charge < -0.3 is 35.2 Å². The Bertz CT molecular complexity index is 670. The van der Waals surface area contributed by atoms with Crippen LogP contribution in [0.2, 0.25) is 0 Å². The fourth-order valence-electron chi connectivity index (χ4n) is 3.77. The Morgan fingerprint density at radius 1 is 0.938 bits per heavy atom. The normalized spacial score (nSPS) is 25.5. The van der Waals surface area contributed by atoms with Crippen molar-refractivity contribution in [1.29, 1.82) is 0 Å². The summed E-state index contributed by atoms with van der Waals surface area (Å²) < 4.78 is 11.1. The number of hydrogen-bond acceptors (Lipinski definition) is 7. The molecule has 0 aliphatic carbocycles. The van der Waals surface area contributed by atoms with Gasteiger partial charge in [0, 0.05) is 6.42 Å². The molecule has 2 rings (SSSR count). The Balaban J connectivity index is 1.78. The van der Waals surface area contributed by atoms with E-state index in [1.54, 1.807) is 24.3 Å². The minimum atomic E-state index is -1.53. The number of anilines is 1. The van der Waals surface area contributed by atoms with Crippen molar-refractivity contribution in [2.75, 3.05) is 11.9 Å². The Morgan fingerprint density at radius 3 is 2.22 bits per heavy atom. The lowest BCUT2D eigenvalue weighted by molar-refractivity contribution is -0.277. The lowest BCUT2D eigenvalue weighted by Gasteiger charge is -2.39. The number of para-hydroxylation sites is 2. The van der Waals surface area contributed by atoms with E-state index in [0.29, 0.717) is 12.1 Å². The maximum atomic E-state index is 12.4. The van der Waals surface area contributed by atoms with E-state index in [0.717, 1.165) is 19.3 Å². The molecule has 32 heavy (non-hydrogen) atoms. The highest BCUT2D eigenvalue weighted by Crippen LogP contribution is 2.29. The molecule has 182 valence electrons. The number of hydrogen-bond donors (Lipinski definition) is 5. The van der Waals surface area contributed by atoms with Gasteiger partial charge in [0.2, 0.25) is 12.2 Å². The van der Waals surface area contributed by atoms with Crippen LogP contribution < -0.4 is 10.1 Å². The summed E-state index contributed by atoms with van der Waals surface area (Å²) in [6.45, 7) is 1.67. The van der Waals surface area contributed by atoms with Gasteiger partial charge in [-0.05, 0) is 18.6 Å². The first-order chi connectivity index (χ1) is 15.5. The van der Waals surface area contributed by atoms with Crippen LogP contribution in [0.4, 0.5) is 5.69 Å². The maximum absolute atomic E-state index is 12.4. The van der Waals surface area contributed by atoms with Gasteiger partial charge in [-0.2, -0.15) is 0 Å². The van der Waals surface area contributed by atoms with Gasteiger partial charge in [-0.1, -0.05) is 70.4 Å². The van der Waals surface area contributed by atoms with Crippen LogP contribution in [-0.4, -0.2) is 63.6 Å². The second kappa shape index (κ2) is 14.4. The fourth-order valence-corrected chi connectivity index (χ4v) is 3.77. The zero-order valence-electron chi connectivity index (χ0n) is 19.0. The van der Waals surface area contributed by atoms with Crippen LogP contribution in [0.15, 0.2) is 24.3 Å². The number of nitrogens with one attached hydrogen (secondary N) is 1. The first-order valence-electron chi connectivity index (χ1n) is 11.8. The molecule has 1 saturated heterocycles. The molecule has 1 aromatic carbocycles. The SMILES string of the molecule is CCCCCCCCCCCC(=O)Nc1ccccc1O[C@@H]1O[C@H](CO)[C@@H](O)[C@H](O)[C@H]1O. The van der Waals surface area contributed by atoms with E-state index in [2.05, 4.69) is 12.2 Å². The second-order valence-electron chi connectivity index (χ2n) is 8.44. The Labute approximate surface area is 190 Å². The number of rotatable bonds is 14. The molecule has 1 aliphatic rings. The van der Waals surface area contributed by atoms with Crippen LogP contribution in [0.1, 0.15) is 71.1 Å². The van der Waals surface area contributed by atoms with Crippen LogP contribution in [0.25, 0.3) is 0 Å². The average molecular weight is 454 g/mol. The highest BCUT2D eigenvalue weighted by atomic mass is 16.7. The van der Waals surface area contributed by atoms with Gasteiger partial charge in [-0.15, -0.1) is 0 Å². The summed E-state index contributed by atoms with van der Waals surface area (Å²) in [6.07, 6.45) is 4.14. The van der Waals surface area contributed by atoms with Crippen molar-refractivity contribution in [2.45, 2.75) is 102 Å². The predicted molar refractivity (Wildman–Crippen MR) is 121 cm³/mol. The third-order valence-corrected chi connectivity index (χ3v) is 5.76. The smallest absolute Gasteiger partial charge is 0.229 e. The summed E-state index contributed by atoms with van der Waals surface area (Å²) in [5, 5.41) is 42.1. The molecular formula is C24H39NO7. The third kappa shape index (κ3) is 8.33. The van der Waals surface area contributed by atoms with E-state index in [9.17, 15) is 25.2 Å². The molecule has 8 heteroatoms. The Kier molecular flexibility index (Phi) is 12.0. The molecule has 0 unspecified atom stereocenters. The van der Waals surface area contributed by atoms with Crippen molar-refractivity contribution in [3.8, 4) is 5.75 Å². The number of unbranched alkanes of at least 4 members (excludes halogenated alkanes) is 8. The van der Waals surface area contributed by atoms with Crippen molar-refractivity contribution in [2.24, 2.45) is 0 Å². The number of carbonyl (C=O) groups excluding carboxylic acids is 1. The first-order valence-corrected chi connectivity index (χ1v) is 11.8. The Hall–Kier alpha value is -1.71. The first kappa shape index (κ1) is 26.5. The van der Waals surface area contributed by atoms with E-state index < -0.39 is 37.3 Å². The molecule has 0 bridgehead atoms. The molecule has 5 N–H and O–H groups in total. The van der Waals surface area contributed by atoms with Gasteiger partial charge in [0.15, 0.2) is 0 Å². The summed E-state index contributed by atoms with van der Waals surface area (Å²) >= 11 is 0. The molecule has 0 aromatic heterocycles. The van der Waals surface area contributed by atoms with Crippen molar-refractivity contribution < 1.29 is 34.7 Å². The van der Waals surface area contributed by atoms with Crippen LogP contribution >= 0.6 is 0 Å². The summed E-state index contributed by atoms with van der Waals surface area (Å²) in [5.41, 5.74) is 0.422. The molecular weight excluding hydrogens is 414 g/mol. The van der Waals surface area contributed by atoms with Crippen molar-refractivity contribution in [1.82, 2.24) is 0 Å². The van der Waals surface area contributed by atoms with Gasteiger partial charge in [-0.3, -0.25) is 4.79 Å². The monoisotopic (exact) mass is 453 g/mol. The summed E-state index contributed by atoms with van der Waals surface area (Å²) in [4.78, 5) is 12.4. The van der Waals surface area contributed by atoms with Crippen LogP contribution in [0, 0.1) is 0 Å². The van der Waals surface area contributed by atoms with Gasteiger partial charge in [0.05, 0.1) is 12.3 Å². The largest absolute Gasteiger partial charge is 0.460 e. The maximum Gasteiger partial charge on any atom is 0.229 e. The molecule has 1 aromatic rings. The molecule has 1 heterocycles. The molecule has 1 aliphatic heterocycles. The van der Waals surface area contributed by atoms with Crippen molar-refractivity contribution in [3.05, 3.63) is 24.3 Å². The summed E-state index contributed by atoms with van der Waals surface area (Å²) in [7, 11) is 0. The minimum absolute atomic E-state index is 0.127. The van der Waals surface area contributed by atoms with Gasteiger partial charge >= 0.3 is 0 Å². The number of aliphatic hydroxyl groups excluding tert-OH is 4. The molecule has 1 fully saturated rings. The second-order valence-corrected chi connectivity index (χ2v) is 8.44. The van der Waals surface area contributed by atoms with E-state index in [-0.39, 0.29) is 11.7 Å². The van der Waals surface area contributed by atoms with E-state index in [4.69, 9.17) is 9.47 Å². The number of ether oxygens (including phenoxy) is 2. The molecule has 5 atom stereocenters. The zero-order chi connectivity index (χ0) is 23.3. The van der Waals surface area contributed by atoms with Crippen LogP contribution in [0.3, 0.4) is 0 Å². The lowest BCUT2D eigenvalue weighted by atomic mass is 9.99. The van der Waals surface area contributed by atoms with E-state index in [1.807, 2.05) is 0 Å². The molecule has 8 nitrogen and oxygen atoms in total. The molecule has 1 amide bonds. The average Bonchev–Trinajstić information content (AvgIpc) is 2.79. The van der Waals surface area contributed by atoms with Crippen LogP contribution in [0.5, 0.6) is 5.75 Å². The number of carbonyl (C=O) groups is 1. The van der Waals surface area contributed by atoms with Gasteiger partial charge in [0.25, 0.3) is 0 Å². The summed E-state index contributed by atoms with van der Waals surface area (Å²) in [5.74, 6) is 0.134. The standard InChI is InChI=1S/C24H39NO7/c1-2-3-4-5-6-7-8-9-10-15-20(27)25-17-13-11-12-14-18(17)31-24-23(30)22(29)21(28)19(16-26)32-24/h11-14,19,21-24,26,28-30H,2-10,15-16H2,1H3,(H,25,27)/t19-,21-,22+,23-,24-/m1/s1. The zero-order valence-corrected chi connectivity index (χ0v) is 19.0. The van der Waals surface area contributed by atoms with E-state index >= 15 is 0 Å². The van der Waals surface area contributed by atoms with Crippen LogP contribution in [-0.2, 0) is 9.53 Å². The van der Waals surface area contributed by atoms with Gasteiger partial charge in [0.1, 0.15) is 30.2 Å². The number of benzene rings is 1. The highest BCUT2D eigenvalue weighted by molar-refractivity contribution is 5.92. The van der Waals surface area contributed by atoms with Crippen molar-refractivity contribution in [3.63, 3.8) is 0 Å².